The molecule has 0 spiro atoms. The predicted molar refractivity (Wildman–Crippen MR) is 109 cm³/mol. The third-order valence-electron chi connectivity index (χ3n) is 4.63. The highest BCUT2D eigenvalue weighted by molar-refractivity contribution is 6.33. The van der Waals surface area contributed by atoms with Gasteiger partial charge in [-0.3, -0.25) is 9.78 Å². The van der Waals surface area contributed by atoms with Gasteiger partial charge in [-0.15, -0.1) is 0 Å². The highest BCUT2D eigenvalue weighted by Gasteiger charge is 2.25. The van der Waals surface area contributed by atoms with Crippen LogP contribution >= 0.6 is 11.6 Å². The van der Waals surface area contributed by atoms with E-state index in [1.807, 2.05) is 0 Å². The van der Waals surface area contributed by atoms with E-state index in [0.29, 0.717) is 22.3 Å². The lowest BCUT2D eigenvalue weighted by molar-refractivity contribution is 0.0997. The van der Waals surface area contributed by atoms with E-state index in [4.69, 9.17) is 32.5 Å². The maximum atomic E-state index is 14.6. The number of nitrogens with one attached hydrogen (secondary N) is 1. The van der Waals surface area contributed by atoms with E-state index in [9.17, 15) is 9.18 Å². The van der Waals surface area contributed by atoms with Gasteiger partial charge >= 0.3 is 0 Å². The molecule has 0 unspecified atom stereocenters. The molecule has 1 heterocycles. The molecular weight excluding hydrogens is 399 g/mol. The predicted octanol–water partition coefficient (Wildman–Crippen LogP) is 4.08. The Balaban J connectivity index is 1.91. The summed E-state index contributed by atoms with van der Waals surface area (Å²) in [6.45, 7) is 0. The van der Waals surface area contributed by atoms with E-state index in [2.05, 4.69) is 10.3 Å². The number of benzene rings is 2. The third-order valence-corrected chi connectivity index (χ3v) is 5.02. The Hall–Kier alpha value is -3.26. The van der Waals surface area contributed by atoms with Crippen LogP contribution in [0.5, 0.6) is 17.2 Å². The Morgan fingerprint density at radius 1 is 1.31 bits per heavy atom. The molecule has 1 saturated carbocycles. The summed E-state index contributed by atoms with van der Waals surface area (Å²) in [5, 5.41) is 3.55. The first-order chi connectivity index (χ1) is 13.9. The molecule has 3 aromatic rings. The van der Waals surface area contributed by atoms with Gasteiger partial charge in [-0.25, -0.2) is 4.39 Å². The van der Waals surface area contributed by atoms with Crippen LogP contribution in [0.3, 0.4) is 0 Å². The van der Waals surface area contributed by atoms with E-state index >= 15 is 0 Å². The van der Waals surface area contributed by atoms with Crippen molar-refractivity contribution in [1.29, 1.82) is 0 Å². The number of carbonyl (C=O) groups excluding carboxylic acids is 1. The Labute approximate surface area is 170 Å². The van der Waals surface area contributed by atoms with E-state index in [1.165, 1.54) is 25.3 Å². The number of fused-ring (bicyclic) bond motifs is 1. The largest absolute Gasteiger partial charge is 0.496 e. The van der Waals surface area contributed by atoms with Gasteiger partial charge in [0.1, 0.15) is 10.8 Å². The van der Waals surface area contributed by atoms with Crippen molar-refractivity contribution < 1.29 is 18.7 Å². The Morgan fingerprint density at radius 2 is 2.07 bits per heavy atom. The minimum Gasteiger partial charge on any atom is -0.496 e. The monoisotopic (exact) mass is 416 g/mol. The van der Waals surface area contributed by atoms with Crippen molar-refractivity contribution in [1.82, 2.24) is 4.98 Å². The SMILES string of the molecule is COc1cc2ncc(NC3CC3)c(Oc3ccc(N)c(Cl)c3F)c2cc1C(N)=O. The quantitative estimate of drug-likeness (QED) is 0.522. The first kappa shape index (κ1) is 19.1. The molecule has 29 heavy (non-hydrogen) atoms. The summed E-state index contributed by atoms with van der Waals surface area (Å²) in [5.74, 6) is -0.971. The minimum absolute atomic E-state index is 0.105. The molecule has 7 nitrogen and oxygen atoms in total. The summed E-state index contributed by atoms with van der Waals surface area (Å²) in [6.07, 6.45) is 3.61. The molecule has 0 saturated heterocycles. The second kappa shape index (κ2) is 7.29. The molecule has 1 aliphatic rings. The van der Waals surface area contributed by atoms with Crippen molar-refractivity contribution in [2.75, 3.05) is 18.2 Å². The van der Waals surface area contributed by atoms with Crippen molar-refractivity contribution in [3.63, 3.8) is 0 Å². The Bertz CT molecular complexity index is 1130. The summed E-state index contributed by atoms with van der Waals surface area (Å²) in [6, 6.07) is 6.23. The highest BCUT2D eigenvalue weighted by Crippen LogP contribution is 2.42. The fourth-order valence-corrected chi connectivity index (χ4v) is 3.11. The van der Waals surface area contributed by atoms with Crippen molar-refractivity contribution in [3.8, 4) is 17.2 Å². The maximum absolute atomic E-state index is 14.6. The van der Waals surface area contributed by atoms with E-state index in [0.717, 1.165) is 12.8 Å². The molecule has 1 fully saturated rings. The molecule has 1 amide bonds. The van der Waals surface area contributed by atoms with Crippen molar-refractivity contribution in [3.05, 3.63) is 46.9 Å². The average Bonchev–Trinajstić information content (AvgIpc) is 3.52. The summed E-state index contributed by atoms with van der Waals surface area (Å²) >= 11 is 5.92. The number of nitrogens with zero attached hydrogens (tertiary/aromatic N) is 1. The van der Waals surface area contributed by atoms with Gasteiger partial charge in [0.15, 0.2) is 17.3 Å². The molecule has 0 atom stereocenters. The number of methoxy groups -OCH3 is 1. The van der Waals surface area contributed by atoms with E-state index in [-0.39, 0.29) is 33.8 Å². The highest BCUT2D eigenvalue weighted by atomic mass is 35.5. The summed E-state index contributed by atoms with van der Waals surface area (Å²) in [4.78, 5) is 16.3. The fourth-order valence-electron chi connectivity index (χ4n) is 2.95. The second-order valence-electron chi connectivity index (χ2n) is 6.74. The lowest BCUT2D eigenvalue weighted by Gasteiger charge is -2.17. The number of halogens is 2. The molecule has 0 radical (unpaired) electrons. The molecule has 4 rings (SSSR count). The van der Waals surface area contributed by atoms with Gasteiger partial charge in [-0.05, 0) is 31.0 Å². The first-order valence-electron chi connectivity index (χ1n) is 8.87. The molecule has 5 N–H and O–H groups in total. The molecular formula is C20H18ClFN4O3. The van der Waals surface area contributed by atoms with Crippen molar-refractivity contribution in [2.24, 2.45) is 5.73 Å². The van der Waals surface area contributed by atoms with Gasteiger partial charge in [0.2, 0.25) is 0 Å². The number of ether oxygens (including phenoxy) is 2. The average molecular weight is 417 g/mol. The lowest BCUT2D eigenvalue weighted by Crippen LogP contribution is -2.13. The first-order valence-corrected chi connectivity index (χ1v) is 9.25. The zero-order chi connectivity index (χ0) is 20.7. The number of nitrogen functional groups attached to an aromatic ring is 1. The lowest BCUT2D eigenvalue weighted by atomic mass is 10.1. The fraction of sp³-hybridized carbons (Fsp3) is 0.200. The van der Waals surface area contributed by atoms with Gasteiger partial charge in [0, 0.05) is 17.5 Å². The Kier molecular flexibility index (Phi) is 4.79. The van der Waals surface area contributed by atoms with E-state index < -0.39 is 11.7 Å². The number of carbonyl (C=O) groups is 1. The molecule has 2 aromatic carbocycles. The van der Waals surface area contributed by atoms with Crippen LogP contribution in [0.4, 0.5) is 15.8 Å². The molecule has 9 heteroatoms. The van der Waals surface area contributed by atoms with Crippen molar-refractivity contribution in [2.45, 2.75) is 18.9 Å². The van der Waals surface area contributed by atoms with E-state index in [1.54, 1.807) is 12.3 Å². The summed E-state index contributed by atoms with van der Waals surface area (Å²) in [5.41, 5.74) is 12.5. The molecule has 1 aliphatic carbocycles. The number of rotatable bonds is 6. The normalized spacial score (nSPS) is 13.3. The molecule has 0 bridgehead atoms. The second-order valence-corrected chi connectivity index (χ2v) is 7.11. The standard InChI is InChI=1S/C20H18ClFN4O3/c1-28-16-7-13-10(6-11(16)20(24)27)19(14(8-25-13)26-9-2-3-9)29-15-5-4-12(23)17(21)18(15)22/h4-9,26H,2-3,23H2,1H3,(H2,24,27). The number of pyridine rings is 1. The number of hydrogen-bond donors (Lipinski definition) is 3. The number of aromatic nitrogens is 1. The number of primary amides is 1. The topological polar surface area (TPSA) is 112 Å². The zero-order valence-corrected chi connectivity index (χ0v) is 16.2. The van der Waals surface area contributed by atoms with Crippen LogP contribution in [-0.2, 0) is 0 Å². The number of amides is 1. The van der Waals surface area contributed by atoms with Crippen LogP contribution in [0.2, 0.25) is 5.02 Å². The summed E-state index contributed by atoms with van der Waals surface area (Å²) in [7, 11) is 1.43. The van der Waals surface area contributed by atoms with Crippen LogP contribution < -0.4 is 26.3 Å². The number of hydrogen-bond acceptors (Lipinski definition) is 6. The van der Waals surface area contributed by atoms with Crippen LogP contribution in [0.15, 0.2) is 30.5 Å². The van der Waals surface area contributed by atoms with Gasteiger partial charge in [0.05, 0.1) is 35.8 Å². The maximum Gasteiger partial charge on any atom is 0.252 e. The minimum atomic E-state index is -0.780. The summed E-state index contributed by atoms with van der Waals surface area (Å²) < 4.78 is 25.8. The smallest absolute Gasteiger partial charge is 0.252 e. The number of anilines is 2. The molecule has 0 aliphatic heterocycles. The number of nitrogens with two attached hydrogens (primary N) is 2. The van der Waals surface area contributed by atoms with Crippen molar-refractivity contribution >= 4 is 39.8 Å². The van der Waals surface area contributed by atoms with Gasteiger partial charge in [0.25, 0.3) is 5.91 Å². The molecule has 150 valence electrons. The van der Waals surface area contributed by atoms with Crippen LogP contribution in [0.1, 0.15) is 23.2 Å². The Morgan fingerprint density at radius 3 is 2.72 bits per heavy atom. The van der Waals surface area contributed by atoms with Gasteiger partial charge < -0.3 is 26.3 Å². The van der Waals surface area contributed by atoms with Gasteiger partial charge in [-0.2, -0.15) is 0 Å². The van der Waals surface area contributed by atoms with Crippen LogP contribution in [0, 0.1) is 5.82 Å². The zero-order valence-electron chi connectivity index (χ0n) is 15.5. The van der Waals surface area contributed by atoms with Gasteiger partial charge in [-0.1, -0.05) is 11.6 Å². The third kappa shape index (κ3) is 3.58. The molecule has 1 aromatic heterocycles. The van der Waals surface area contributed by atoms with Crippen LogP contribution in [-0.4, -0.2) is 24.0 Å². The van der Waals surface area contributed by atoms with Crippen LogP contribution in [0.25, 0.3) is 10.9 Å².